The average Bonchev–Trinajstić information content (AvgIpc) is 3.21. The molecule has 0 aliphatic heterocycles. The van der Waals surface area contributed by atoms with Crippen molar-refractivity contribution in [1.29, 1.82) is 0 Å². The molecule has 2 heterocycles. The standard InChI is InChI=1S/C22H17N3O4S/c1-14(26)25(17-8-3-2-4-9-17)22-23-16(13-30-22)12-29-21(28)19-11-15-7-5-6-10-18(15)20(27)24-19/h2-11,13H,12H2,1H3,(H,24,27). The Balaban J connectivity index is 1.50. The molecular formula is C22H17N3O4S. The highest BCUT2D eigenvalue weighted by molar-refractivity contribution is 7.14. The summed E-state index contributed by atoms with van der Waals surface area (Å²) in [5.74, 6) is -0.827. The lowest BCUT2D eigenvalue weighted by atomic mass is 10.1. The highest BCUT2D eigenvalue weighted by atomic mass is 32.1. The average molecular weight is 419 g/mol. The van der Waals surface area contributed by atoms with Crippen LogP contribution in [0.2, 0.25) is 0 Å². The van der Waals surface area contributed by atoms with Crippen molar-refractivity contribution >= 4 is 44.8 Å². The van der Waals surface area contributed by atoms with Gasteiger partial charge in [-0.1, -0.05) is 36.4 Å². The third-order valence-corrected chi connectivity index (χ3v) is 5.26. The predicted octanol–water partition coefficient (Wildman–Crippen LogP) is 4.03. The number of thiazole rings is 1. The molecule has 30 heavy (non-hydrogen) atoms. The van der Waals surface area contributed by atoms with Gasteiger partial charge >= 0.3 is 5.97 Å². The number of carbonyl (C=O) groups excluding carboxylic acids is 2. The Morgan fingerprint density at radius 3 is 2.60 bits per heavy atom. The van der Waals surface area contributed by atoms with Crippen molar-refractivity contribution in [2.24, 2.45) is 0 Å². The van der Waals surface area contributed by atoms with E-state index in [2.05, 4.69) is 9.97 Å². The van der Waals surface area contributed by atoms with Gasteiger partial charge in [-0.05, 0) is 29.7 Å². The predicted molar refractivity (Wildman–Crippen MR) is 115 cm³/mol. The van der Waals surface area contributed by atoms with Gasteiger partial charge < -0.3 is 9.72 Å². The Morgan fingerprint density at radius 2 is 1.83 bits per heavy atom. The van der Waals surface area contributed by atoms with Gasteiger partial charge in [0.25, 0.3) is 5.56 Å². The molecule has 8 heteroatoms. The number of nitrogens with one attached hydrogen (secondary N) is 1. The number of aromatic amines is 1. The fourth-order valence-corrected chi connectivity index (χ4v) is 3.88. The first-order chi connectivity index (χ1) is 14.5. The third kappa shape index (κ3) is 3.99. The van der Waals surface area contributed by atoms with Gasteiger partial charge in [0.1, 0.15) is 12.3 Å². The number of benzene rings is 2. The van der Waals surface area contributed by atoms with Gasteiger partial charge in [0.2, 0.25) is 5.91 Å². The van der Waals surface area contributed by atoms with Crippen LogP contribution in [-0.4, -0.2) is 21.8 Å². The number of amides is 1. The van der Waals surface area contributed by atoms with E-state index in [1.54, 1.807) is 35.7 Å². The number of anilines is 2. The molecule has 4 rings (SSSR count). The minimum atomic E-state index is -0.654. The fraction of sp³-hybridized carbons (Fsp3) is 0.0909. The molecule has 0 saturated heterocycles. The van der Waals surface area contributed by atoms with Gasteiger partial charge in [-0.25, -0.2) is 9.78 Å². The number of H-pyrrole nitrogens is 1. The summed E-state index contributed by atoms with van der Waals surface area (Å²) in [5, 5.41) is 3.37. The Morgan fingerprint density at radius 1 is 1.10 bits per heavy atom. The molecule has 0 spiro atoms. The van der Waals surface area contributed by atoms with E-state index in [9.17, 15) is 14.4 Å². The smallest absolute Gasteiger partial charge is 0.355 e. The summed E-state index contributed by atoms with van der Waals surface area (Å²) in [6.07, 6.45) is 0. The van der Waals surface area contributed by atoms with Gasteiger partial charge in [-0.3, -0.25) is 14.5 Å². The molecule has 0 unspecified atom stereocenters. The van der Waals surface area contributed by atoms with Gasteiger partial charge in [0, 0.05) is 17.7 Å². The summed E-state index contributed by atoms with van der Waals surface area (Å²) in [5.41, 5.74) is 0.935. The molecule has 0 radical (unpaired) electrons. The van der Waals surface area contributed by atoms with E-state index in [0.717, 1.165) is 0 Å². The lowest BCUT2D eigenvalue weighted by molar-refractivity contribution is -0.115. The van der Waals surface area contributed by atoms with Crippen molar-refractivity contribution in [3.63, 3.8) is 0 Å². The van der Waals surface area contributed by atoms with E-state index < -0.39 is 5.97 Å². The Kier molecular flexibility index (Phi) is 5.40. The number of esters is 1. The lowest BCUT2D eigenvalue weighted by Gasteiger charge is -2.17. The summed E-state index contributed by atoms with van der Waals surface area (Å²) >= 11 is 1.28. The number of para-hydroxylation sites is 1. The number of hydrogen-bond acceptors (Lipinski definition) is 6. The van der Waals surface area contributed by atoms with E-state index in [4.69, 9.17) is 4.74 Å². The summed E-state index contributed by atoms with van der Waals surface area (Å²) in [6, 6.07) is 17.8. The van der Waals surface area contributed by atoms with Crippen molar-refractivity contribution in [3.8, 4) is 0 Å². The molecule has 1 amide bonds. The second kappa shape index (κ2) is 8.30. The van der Waals surface area contributed by atoms with Crippen molar-refractivity contribution in [3.05, 3.63) is 87.8 Å². The molecule has 2 aromatic heterocycles. The normalized spacial score (nSPS) is 10.7. The second-order valence-electron chi connectivity index (χ2n) is 6.49. The molecule has 0 aliphatic rings. The van der Waals surface area contributed by atoms with Crippen LogP contribution in [0.5, 0.6) is 0 Å². The molecule has 7 nitrogen and oxygen atoms in total. The topological polar surface area (TPSA) is 92.4 Å². The minimum absolute atomic E-state index is 0.0730. The Hall–Kier alpha value is -3.78. The van der Waals surface area contributed by atoms with Crippen LogP contribution >= 0.6 is 11.3 Å². The summed E-state index contributed by atoms with van der Waals surface area (Å²) in [6.45, 7) is 1.38. The van der Waals surface area contributed by atoms with Crippen molar-refractivity contribution < 1.29 is 14.3 Å². The van der Waals surface area contributed by atoms with Crippen LogP contribution in [0.25, 0.3) is 10.8 Å². The number of pyridine rings is 1. The van der Waals surface area contributed by atoms with Gasteiger partial charge in [-0.15, -0.1) is 11.3 Å². The first kappa shape index (κ1) is 19.5. The van der Waals surface area contributed by atoms with Crippen LogP contribution in [0.3, 0.4) is 0 Å². The number of nitrogens with zero attached hydrogens (tertiary/aromatic N) is 2. The van der Waals surface area contributed by atoms with Crippen LogP contribution in [0.1, 0.15) is 23.1 Å². The number of fused-ring (bicyclic) bond motifs is 1. The van der Waals surface area contributed by atoms with Gasteiger partial charge in [0.15, 0.2) is 5.13 Å². The summed E-state index contributed by atoms with van der Waals surface area (Å²) < 4.78 is 5.31. The maximum atomic E-state index is 12.4. The van der Waals surface area contributed by atoms with Gasteiger partial charge in [-0.2, -0.15) is 0 Å². The van der Waals surface area contributed by atoms with Crippen LogP contribution in [0.15, 0.2) is 70.8 Å². The maximum Gasteiger partial charge on any atom is 0.355 e. The third-order valence-electron chi connectivity index (χ3n) is 4.38. The van der Waals surface area contributed by atoms with E-state index in [1.807, 2.05) is 30.3 Å². The van der Waals surface area contributed by atoms with Crippen LogP contribution in [-0.2, 0) is 16.1 Å². The first-order valence-electron chi connectivity index (χ1n) is 9.12. The fourth-order valence-electron chi connectivity index (χ4n) is 3.01. The van der Waals surface area contributed by atoms with Crippen LogP contribution in [0.4, 0.5) is 10.8 Å². The number of carbonyl (C=O) groups is 2. The molecule has 0 bridgehead atoms. The Bertz CT molecular complexity index is 1280. The molecule has 2 aromatic carbocycles. The quantitative estimate of drug-likeness (QED) is 0.493. The van der Waals surface area contributed by atoms with Gasteiger partial charge in [0.05, 0.1) is 11.4 Å². The molecule has 0 aliphatic carbocycles. The zero-order valence-electron chi connectivity index (χ0n) is 16.0. The summed E-state index contributed by atoms with van der Waals surface area (Å²) in [7, 11) is 0. The molecule has 4 aromatic rings. The van der Waals surface area contributed by atoms with Crippen molar-refractivity contribution in [1.82, 2.24) is 9.97 Å². The highest BCUT2D eigenvalue weighted by Crippen LogP contribution is 2.29. The zero-order valence-corrected chi connectivity index (χ0v) is 16.8. The SMILES string of the molecule is CC(=O)N(c1ccccc1)c1nc(COC(=O)c2cc3ccccc3c(=O)[nH]2)cs1. The monoisotopic (exact) mass is 419 g/mol. The summed E-state index contributed by atoms with van der Waals surface area (Å²) in [4.78, 5) is 45.1. The van der Waals surface area contributed by atoms with E-state index in [-0.39, 0.29) is 23.8 Å². The van der Waals surface area contributed by atoms with E-state index >= 15 is 0 Å². The maximum absolute atomic E-state index is 12.4. The van der Waals surface area contributed by atoms with Crippen LogP contribution in [0, 0.1) is 0 Å². The molecule has 150 valence electrons. The lowest BCUT2D eigenvalue weighted by Crippen LogP contribution is -2.22. The number of rotatable bonds is 5. The Labute approximate surface area is 175 Å². The minimum Gasteiger partial charge on any atom is -0.454 e. The molecule has 0 atom stereocenters. The van der Waals surface area contributed by atoms with Crippen molar-refractivity contribution in [2.75, 3.05) is 4.90 Å². The van der Waals surface area contributed by atoms with E-state index in [0.29, 0.717) is 27.3 Å². The van der Waals surface area contributed by atoms with Crippen molar-refractivity contribution in [2.45, 2.75) is 13.5 Å². The van der Waals surface area contributed by atoms with Crippen LogP contribution < -0.4 is 10.5 Å². The first-order valence-corrected chi connectivity index (χ1v) is 10.0. The highest BCUT2D eigenvalue weighted by Gasteiger charge is 2.18. The molecule has 0 saturated carbocycles. The second-order valence-corrected chi connectivity index (χ2v) is 7.32. The number of aromatic nitrogens is 2. The number of hydrogen-bond donors (Lipinski definition) is 1. The number of ether oxygens (including phenoxy) is 1. The van der Waals surface area contributed by atoms with E-state index in [1.165, 1.54) is 23.2 Å². The zero-order chi connectivity index (χ0) is 21.1. The molecular weight excluding hydrogens is 402 g/mol. The largest absolute Gasteiger partial charge is 0.454 e. The molecule has 0 fully saturated rings. The molecule has 1 N–H and O–H groups in total.